The molecule has 0 saturated carbocycles. The van der Waals surface area contributed by atoms with Gasteiger partial charge in [0.05, 0.1) is 25.4 Å². The first-order valence-electron chi connectivity index (χ1n) is 23.2. The lowest BCUT2D eigenvalue weighted by atomic mass is 9.98. The fourth-order valence-electron chi connectivity index (χ4n) is 7.42. The second-order valence-electron chi connectivity index (χ2n) is 16.5. The summed E-state index contributed by atoms with van der Waals surface area (Å²) in [6, 6.07) is -1.16. The molecule has 11 heteroatoms. The molecular weight excluding hydrogens is 727 g/mol. The number of rotatable bonds is 38. The highest BCUT2D eigenvalue weighted by molar-refractivity contribution is 5.80. The summed E-state index contributed by atoms with van der Waals surface area (Å²) in [4.78, 5) is 13.1. The zero-order valence-corrected chi connectivity index (χ0v) is 36.1. The van der Waals surface area contributed by atoms with Gasteiger partial charge in [0.2, 0.25) is 5.91 Å². The normalized spacial score (nSPS) is 22.3. The van der Waals surface area contributed by atoms with Crippen LogP contribution in [0.15, 0.2) is 24.3 Å². The van der Waals surface area contributed by atoms with E-state index in [4.69, 9.17) is 9.47 Å². The molecule has 11 nitrogen and oxygen atoms in total. The van der Waals surface area contributed by atoms with Crippen LogP contribution in [-0.2, 0) is 14.3 Å². The summed E-state index contributed by atoms with van der Waals surface area (Å²) in [6.45, 7) is 3.31. The van der Waals surface area contributed by atoms with Crippen molar-refractivity contribution < 1.29 is 50.0 Å². The highest BCUT2D eigenvalue weighted by Gasteiger charge is 2.44. The van der Waals surface area contributed by atoms with Gasteiger partial charge in [-0.3, -0.25) is 4.79 Å². The molecule has 0 aromatic carbocycles. The number of ether oxygens (including phenoxy) is 2. The molecule has 1 heterocycles. The van der Waals surface area contributed by atoms with Crippen molar-refractivity contribution in [2.24, 2.45) is 0 Å². The van der Waals surface area contributed by atoms with Crippen LogP contribution in [0.25, 0.3) is 0 Å². The molecule has 1 rings (SSSR count). The van der Waals surface area contributed by atoms with Crippen LogP contribution in [0.5, 0.6) is 0 Å². The maximum Gasteiger partial charge on any atom is 0.249 e. The molecule has 1 amide bonds. The minimum Gasteiger partial charge on any atom is -0.394 e. The molecule has 9 atom stereocenters. The van der Waals surface area contributed by atoms with Crippen molar-refractivity contribution in [1.82, 2.24) is 5.32 Å². The Morgan fingerprint density at radius 3 is 1.65 bits per heavy atom. The van der Waals surface area contributed by atoms with Crippen LogP contribution in [0.3, 0.4) is 0 Å². The smallest absolute Gasteiger partial charge is 0.249 e. The lowest BCUT2D eigenvalue weighted by Gasteiger charge is -2.40. The Kier molecular flexibility index (Phi) is 34.3. The van der Waals surface area contributed by atoms with E-state index in [1.54, 1.807) is 0 Å². The maximum atomic E-state index is 13.1. The third-order valence-electron chi connectivity index (χ3n) is 11.3. The van der Waals surface area contributed by atoms with E-state index in [9.17, 15) is 40.5 Å². The van der Waals surface area contributed by atoms with Crippen molar-refractivity contribution in [3.63, 3.8) is 0 Å². The number of unbranched alkanes of at least 4 members (excludes halogenated alkanes) is 22. The number of carbonyl (C=O) groups excluding carboxylic acids is 1. The number of hydrogen-bond donors (Lipinski definition) is 8. The highest BCUT2D eigenvalue weighted by Crippen LogP contribution is 2.23. The van der Waals surface area contributed by atoms with Crippen molar-refractivity contribution in [1.29, 1.82) is 0 Å². The third kappa shape index (κ3) is 26.4. The second-order valence-corrected chi connectivity index (χ2v) is 16.5. The first kappa shape index (κ1) is 53.6. The van der Waals surface area contributed by atoms with Gasteiger partial charge in [0.25, 0.3) is 0 Å². The quantitative estimate of drug-likeness (QED) is 0.0230. The summed E-state index contributed by atoms with van der Waals surface area (Å²) >= 11 is 0. The van der Waals surface area contributed by atoms with Crippen molar-refractivity contribution in [2.45, 2.75) is 249 Å². The monoisotopic (exact) mass is 814 g/mol. The molecular formula is C46H87NO10. The van der Waals surface area contributed by atoms with Crippen LogP contribution in [0, 0.1) is 0 Å². The van der Waals surface area contributed by atoms with E-state index in [0.29, 0.717) is 19.3 Å². The molecule has 8 N–H and O–H groups in total. The Hall–Kier alpha value is -1.41. The fraction of sp³-hybridized carbons (Fsp3) is 0.891. The Bertz CT molecular complexity index is 981. The van der Waals surface area contributed by atoms with Crippen molar-refractivity contribution in [3.8, 4) is 0 Å². The van der Waals surface area contributed by atoms with Gasteiger partial charge in [-0.15, -0.1) is 0 Å². The van der Waals surface area contributed by atoms with E-state index < -0.39 is 74.2 Å². The summed E-state index contributed by atoms with van der Waals surface area (Å²) in [5.74, 6) is -0.699. The zero-order valence-electron chi connectivity index (χ0n) is 36.1. The number of amides is 1. The molecule has 0 bridgehead atoms. The Morgan fingerprint density at radius 2 is 1.12 bits per heavy atom. The SMILES string of the molecule is CC/C=C\C/C=C\CCCCCCCCCCCCCCCC(O)C(=O)NC(COC1OC(CO)C(O)C(O)C1O)C(O)C(O)CCCCCCCCCCCC. The van der Waals surface area contributed by atoms with Crippen LogP contribution < -0.4 is 5.32 Å². The van der Waals surface area contributed by atoms with E-state index >= 15 is 0 Å². The van der Waals surface area contributed by atoms with Crippen LogP contribution in [-0.4, -0.2) is 110 Å². The fourth-order valence-corrected chi connectivity index (χ4v) is 7.42. The number of hydrogen-bond acceptors (Lipinski definition) is 10. The molecule has 1 aliphatic rings. The van der Waals surface area contributed by atoms with E-state index in [-0.39, 0.29) is 6.42 Å². The standard InChI is InChI=1S/C46H87NO10/c1-3-5-7-9-11-13-15-16-17-18-19-20-21-22-23-24-26-28-30-32-34-39(50)45(55)47-37(36-56-46-44(54)43(53)42(52)40(35-48)57-46)41(51)38(49)33-31-29-27-25-14-12-10-8-6-4-2/h5,7,11,13,37-44,46,48-54H,3-4,6,8-10,12,14-36H2,1-2H3,(H,47,55)/b7-5-,13-11-. The van der Waals surface area contributed by atoms with Crippen molar-refractivity contribution in [3.05, 3.63) is 24.3 Å². The first-order chi connectivity index (χ1) is 27.7. The van der Waals surface area contributed by atoms with Gasteiger partial charge in [-0.1, -0.05) is 179 Å². The molecule has 1 aliphatic heterocycles. The Labute approximate surface area is 346 Å². The van der Waals surface area contributed by atoms with E-state index in [1.807, 2.05) is 0 Å². The second kappa shape index (κ2) is 36.4. The first-order valence-corrected chi connectivity index (χ1v) is 23.2. The van der Waals surface area contributed by atoms with Gasteiger partial charge >= 0.3 is 0 Å². The van der Waals surface area contributed by atoms with E-state index in [1.165, 1.54) is 103 Å². The third-order valence-corrected chi connectivity index (χ3v) is 11.3. The number of allylic oxidation sites excluding steroid dienone is 4. The van der Waals surface area contributed by atoms with E-state index in [2.05, 4.69) is 43.5 Å². The lowest BCUT2D eigenvalue weighted by molar-refractivity contribution is -0.303. The van der Waals surface area contributed by atoms with Crippen LogP contribution in [0.1, 0.15) is 194 Å². The molecule has 9 unspecified atom stereocenters. The van der Waals surface area contributed by atoms with Gasteiger partial charge < -0.3 is 50.5 Å². The summed E-state index contributed by atoms with van der Waals surface area (Å²) in [6.07, 6.45) is 28.1. The molecule has 0 spiro atoms. The summed E-state index contributed by atoms with van der Waals surface area (Å²) in [7, 11) is 0. The summed E-state index contributed by atoms with van der Waals surface area (Å²) < 4.78 is 11.1. The van der Waals surface area contributed by atoms with Gasteiger partial charge in [0.1, 0.15) is 36.6 Å². The van der Waals surface area contributed by atoms with Crippen LogP contribution in [0.4, 0.5) is 0 Å². The minimum absolute atomic E-state index is 0.260. The molecule has 0 aliphatic carbocycles. The summed E-state index contributed by atoms with van der Waals surface area (Å²) in [5.41, 5.74) is 0. The van der Waals surface area contributed by atoms with Crippen molar-refractivity contribution in [2.75, 3.05) is 13.2 Å². The highest BCUT2D eigenvalue weighted by atomic mass is 16.7. The molecule has 0 aromatic rings. The molecule has 0 radical (unpaired) electrons. The predicted octanol–water partition coefficient (Wildman–Crippen LogP) is 7.45. The molecule has 1 fully saturated rings. The average Bonchev–Trinajstić information content (AvgIpc) is 3.21. The van der Waals surface area contributed by atoms with Gasteiger partial charge in [-0.05, 0) is 38.5 Å². The molecule has 336 valence electrons. The van der Waals surface area contributed by atoms with Crippen LogP contribution in [0.2, 0.25) is 0 Å². The van der Waals surface area contributed by atoms with Gasteiger partial charge in [0, 0.05) is 0 Å². The van der Waals surface area contributed by atoms with Gasteiger partial charge in [-0.25, -0.2) is 0 Å². The largest absolute Gasteiger partial charge is 0.394 e. The van der Waals surface area contributed by atoms with Gasteiger partial charge in [0.15, 0.2) is 6.29 Å². The lowest BCUT2D eigenvalue weighted by Crippen LogP contribution is -2.60. The predicted molar refractivity (Wildman–Crippen MR) is 229 cm³/mol. The molecule has 57 heavy (non-hydrogen) atoms. The number of nitrogens with one attached hydrogen (secondary N) is 1. The number of carbonyl (C=O) groups is 1. The number of aliphatic hydroxyl groups excluding tert-OH is 7. The van der Waals surface area contributed by atoms with Crippen molar-refractivity contribution >= 4 is 5.91 Å². The zero-order chi connectivity index (χ0) is 41.9. The minimum atomic E-state index is -1.66. The number of aliphatic hydroxyl groups is 7. The Balaban J connectivity index is 2.39. The topological polar surface area (TPSA) is 189 Å². The molecule has 1 saturated heterocycles. The van der Waals surface area contributed by atoms with Gasteiger partial charge in [-0.2, -0.15) is 0 Å². The average molecular weight is 814 g/mol. The Morgan fingerprint density at radius 1 is 0.632 bits per heavy atom. The summed E-state index contributed by atoms with van der Waals surface area (Å²) in [5, 5.41) is 75.5. The molecule has 0 aromatic heterocycles. The van der Waals surface area contributed by atoms with Crippen LogP contribution >= 0.6 is 0 Å². The maximum absolute atomic E-state index is 13.1. The van der Waals surface area contributed by atoms with E-state index in [0.717, 1.165) is 51.4 Å².